The molecule has 1 aromatic carbocycles. The van der Waals surface area contributed by atoms with E-state index in [9.17, 15) is 12.8 Å². The van der Waals surface area contributed by atoms with Crippen LogP contribution in [0.25, 0.3) is 0 Å². The number of rotatable bonds is 6. The van der Waals surface area contributed by atoms with Crippen LogP contribution < -0.4 is 0 Å². The lowest BCUT2D eigenvalue weighted by molar-refractivity contribution is 0.138. The number of halogens is 2. The van der Waals surface area contributed by atoms with Crippen molar-refractivity contribution in [2.75, 3.05) is 26.8 Å². The molecule has 0 saturated heterocycles. The number of benzene rings is 1. The van der Waals surface area contributed by atoms with Gasteiger partial charge in [0.2, 0.25) is 10.0 Å². The summed E-state index contributed by atoms with van der Waals surface area (Å²) in [6.45, 7) is 2.95. The van der Waals surface area contributed by atoms with E-state index in [1.807, 2.05) is 6.92 Å². The first-order chi connectivity index (χ1) is 8.39. The van der Waals surface area contributed by atoms with Gasteiger partial charge in [-0.2, -0.15) is 4.31 Å². The van der Waals surface area contributed by atoms with Gasteiger partial charge in [0.25, 0.3) is 0 Å². The predicted octanol–water partition coefficient (Wildman–Crippen LogP) is 2.25. The van der Waals surface area contributed by atoms with Crippen molar-refractivity contribution in [3.8, 4) is 0 Å². The van der Waals surface area contributed by atoms with Gasteiger partial charge in [0.05, 0.1) is 11.5 Å². The highest BCUT2D eigenvalue weighted by Gasteiger charge is 2.23. The largest absolute Gasteiger partial charge is 0.380 e. The molecule has 0 fully saturated rings. The molecule has 7 heteroatoms. The monoisotopic (exact) mass is 339 g/mol. The van der Waals surface area contributed by atoms with Gasteiger partial charge in [-0.3, -0.25) is 0 Å². The number of hydrogen-bond acceptors (Lipinski definition) is 3. The second kappa shape index (κ2) is 6.60. The average Bonchev–Trinajstić information content (AvgIpc) is 2.28. The van der Waals surface area contributed by atoms with Crippen molar-refractivity contribution in [2.24, 2.45) is 0 Å². The highest BCUT2D eigenvalue weighted by molar-refractivity contribution is 9.10. The third-order valence-electron chi connectivity index (χ3n) is 2.34. The van der Waals surface area contributed by atoms with Crippen LogP contribution in [0, 0.1) is 5.82 Å². The second-order valence-electron chi connectivity index (χ2n) is 3.60. The molecule has 102 valence electrons. The van der Waals surface area contributed by atoms with Crippen molar-refractivity contribution in [3.05, 3.63) is 28.5 Å². The van der Waals surface area contributed by atoms with Crippen molar-refractivity contribution in [2.45, 2.75) is 11.8 Å². The molecule has 0 bridgehead atoms. The fourth-order valence-corrected chi connectivity index (χ4v) is 3.47. The molecule has 1 rings (SSSR count). The molecule has 0 radical (unpaired) electrons. The van der Waals surface area contributed by atoms with Gasteiger partial charge in [-0.1, -0.05) is 0 Å². The van der Waals surface area contributed by atoms with E-state index in [1.165, 1.54) is 17.4 Å². The number of ether oxygens (including phenoxy) is 1. The lowest BCUT2D eigenvalue weighted by Gasteiger charge is -2.17. The van der Waals surface area contributed by atoms with Crippen LogP contribution >= 0.6 is 15.9 Å². The van der Waals surface area contributed by atoms with E-state index in [0.717, 1.165) is 12.1 Å². The number of hydrogen-bond donors (Lipinski definition) is 0. The summed E-state index contributed by atoms with van der Waals surface area (Å²) in [7, 11) is -2.16. The molecule has 0 atom stereocenters. The van der Waals surface area contributed by atoms with Gasteiger partial charge in [0.1, 0.15) is 5.82 Å². The molecule has 0 aliphatic rings. The third kappa shape index (κ3) is 3.74. The molecule has 0 aliphatic heterocycles. The normalized spacial score (nSPS) is 12.1. The molecule has 0 heterocycles. The zero-order valence-corrected chi connectivity index (χ0v) is 12.6. The standard InChI is InChI=1S/C11H15BrFNO3S/c1-3-17-7-6-14(2)18(15,16)11-5-4-9(13)8-10(11)12/h4-5,8H,3,6-7H2,1-2H3. The Bertz CT molecular complexity index is 507. The summed E-state index contributed by atoms with van der Waals surface area (Å²) in [5, 5.41) is 0. The fraction of sp³-hybridized carbons (Fsp3) is 0.455. The molecule has 0 aliphatic carbocycles. The smallest absolute Gasteiger partial charge is 0.244 e. The van der Waals surface area contributed by atoms with Crippen LogP contribution in [0.4, 0.5) is 4.39 Å². The Morgan fingerprint density at radius 1 is 1.44 bits per heavy atom. The molecule has 0 amide bonds. The van der Waals surface area contributed by atoms with Gasteiger partial charge >= 0.3 is 0 Å². The van der Waals surface area contributed by atoms with Gasteiger partial charge < -0.3 is 4.74 Å². The molecular weight excluding hydrogens is 325 g/mol. The van der Waals surface area contributed by atoms with Crippen molar-refractivity contribution < 1.29 is 17.5 Å². The van der Waals surface area contributed by atoms with Crippen LogP contribution in [0.2, 0.25) is 0 Å². The first-order valence-electron chi connectivity index (χ1n) is 5.38. The first kappa shape index (κ1) is 15.6. The van der Waals surface area contributed by atoms with E-state index < -0.39 is 15.8 Å². The Labute approximate surface area is 115 Å². The molecule has 0 spiro atoms. The van der Waals surface area contributed by atoms with E-state index in [0.29, 0.717) is 13.2 Å². The van der Waals surface area contributed by atoms with E-state index >= 15 is 0 Å². The number of likely N-dealkylation sites (N-methyl/N-ethyl adjacent to an activating group) is 1. The molecular formula is C11H15BrFNO3S. The highest BCUT2D eigenvalue weighted by Crippen LogP contribution is 2.25. The first-order valence-corrected chi connectivity index (χ1v) is 7.62. The SMILES string of the molecule is CCOCCN(C)S(=O)(=O)c1ccc(F)cc1Br. The van der Waals surface area contributed by atoms with Gasteiger partial charge in [-0.25, -0.2) is 12.8 Å². The van der Waals surface area contributed by atoms with E-state index in [-0.39, 0.29) is 15.9 Å². The molecule has 0 N–H and O–H groups in total. The predicted molar refractivity (Wildman–Crippen MR) is 70.4 cm³/mol. The van der Waals surface area contributed by atoms with Gasteiger partial charge in [-0.05, 0) is 41.1 Å². The van der Waals surface area contributed by atoms with Crippen LogP contribution in [0.15, 0.2) is 27.6 Å². The summed E-state index contributed by atoms with van der Waals surface area (Å²) in [4.78, 5) is 0.0444. The second-order valence-corrected chi connectivity index (χ2v) is 6.47. The average molecular weight is 340 g/mol. The van der Waals surface area contributed by atoms with E-state index in [1.54, 1.807) is 0 Å². The summed E-state index contributed by atoms with van der Waals surface area (Å²) in [6, 6.07) is 3.49. The van der Waals surface area contributed by atoms with Crippen LogP contribution in [-0.2, 0) is 14.8 Å². The van der Waals surface area contributed by atoms with Crippen LogP contribution in [0.5, 0.6) is 0 Å². The van der Waals surface area contributed by atoms with Crippen LogP contribution in [0.3, 0.4) is 0 Å². The molecule has 0 saturated carbocycles. The molecule has 0 aromatic heterocycles. The van der Waals surface area contributed by atoms with Crippen LogP contribution in [-0.4, -0.2) is 39.5 Å². The maximum atomic E-state index is 12.9. The maximum Gasteiger partial charge on any atom is 0.244 e. The van der Waals surface area contributed by atoms with Crippen molar-refractivity contribution >= 4 is 26.0 Å². The minimum absolute atomic E-state index is 0.0444. The molecule has 18 heavy (non-hydrogen) atoms. The molecule has 1 aromatic rings. The topological polar surface area (TPSA) is 46.6 Å². The van der Waals surface area contributed by atoms with Crippen LogP contribution in [0.1, 0.15) is 6.92 Å². The third-order valence-corrected chi connectivity index (χ3v) is 5.17. The zero-order valence-electron chi connectivity index (χ0n) is 10.2. The van der Waals surface area contributed by atoms with Crippen molar-refractivity contribution in [1.82, 2.24) is 4.31 Å². The quantitative estimate of drug-likeness (QED) is 0.747. The Kier molecular flexibility index (Phi) is 5.71. The minimum Gasteiger partial charge on any atom is -0.380 e. The maximum absolute atomic E-state index is 12.9. The molecule has 4 nitrogen and oxygen atoms in total. The van der Waals surface area contributed by atoms with E-state index in [4.69, 9.17) is 4.74 Å². The van der Waals surface area contributed by atoms with Gasteiger partial charge in [0.15, 0.2) is 0 Å². The Morgan fingerprint density at radius 2 is 2.11 bits per heavy atom. The highest BCUT2D eigenvalue weighted by atomic mass is 79.9. The summed E-state index contributed by atoms with van der Waals surface area (Å²) in [6.07, 6.45) is 0. The Balaban J connectivity index is 2.91. The zero-order chi connectivity index (χ0) is 13.8. The lowest BCUT2D eigenvalue weighted by Crippen LogP contribution is -2.30. The lowest BCUT2D eigenvalue weighted by atomic mass is 10.3. The van der Waals surface area contributed by atoms with Gasteiger partial charge in [0, 0.05) is 24.7 Å². The number of sulfonamides is 1. The summed E-state index contributed by atoms with van der Waals surface area (Å²) in [5.74, 6) is -0.488. The molecule has 0 unspecified atom stereocenters. The number of nitrogens with zero attached hydrogens (tertiary/aromatic N) is 1. The Hall–Kier alpha value is -0.500. The minimum atomic E-state index is -3.63. The van der Waals surface area contributed by atoms with Crippen molar-refractivity contribution in [1.29, 1.82) is 0 Å². The van der Waals surface area contributed by atoms with E-state index in [2.05, 4.69) is 15.9 Å². The summed E-state index contributed by atoms with van der Waals surface area (Å²) >= 11 is 3.06. The van der Waals surface area contributed by atoms with Gasteiger partial charge in [-0.15, -0.1) is 0 Å². The summed E-state index contributed by atoms with van der Waals surface area (Å²) < 4.78 is 43.8. The fourth-order valence-electron chi connectivity index (χ4n) is 1.31. The van der Waals surface area contributed by atoms with Crippen molar-refractivity contribution in [3.63, 3.8) is 0 Å². The summed E-state index contributed by atoms with van der Waals surface area (Å²) in [5.41, 5.74) is 0. The Morgan fingerprint density at radius 3 is 2.67 bits per heavy atom.